The maximum Gasteiger partial charge on any atom is 0.221 e. The largest absolute Gasteiger partial charge is 0.473 e. The van der Waals surface area contributed by atoms with E-state index in [1.165, 1.54) is 6.33 Å². The highest BCUT2D eigenvalue weighted by Gasteiger charge is 2.22. The first-order chi connectivity index (χ1) is 7.16. The number of likely N-dealkylation sites (N-methyl/N-ethyl adjacent to an activating group) is 1. The van der Waals surface area contributed by atoms with Gasteiger partial charge in [-0.1, -0.05) is 11.6 Å². The van der Waals surface area contributed by atoms with Gasteiger partial charge >= 0.3 is 0 Å². The first kappa shape index (κ1) is 10.6. The molecule has 0 spiro atoms. The van der Waals surface area contributed by atoms with E-state index in [1.807, 2.05) is 6.92 Å². The molecule has 1 aliphatic heterocycles. The maximum absolute atomic E-state index is 5.89. The molecule has 1 fully saturated rings. The predicted octanol–water partition coefficient (Wildman–Crippen LogP) is 1.52. The van der Waals surface area contributed by atoms with Crippen LogP contribution in [0.3, 0.4) is 0 Å². The van der Waals surface area contributed by atoms with Gasteiger partial charge in [0.15, 0.2) is 0 Å². The van der Waals surface area contributed by atoms with Crippen molar-refractivity contribution < 1.29 is 4.74 Å². The Morgan fingerprint density at radius 2 is 2.33 bits per heavy atom. The van der Waals surface area contributed by atoms with Gasteiger partial charge in [0.2, 0.25) is 5.88 Å². The molecule has 0 radical (unpaired) electrons. The van der Waals surface area contributed by atoms with Crippen LogP contribution in [0.25, 0.3) is 0 Å². The number of rotatable bonds is 2. The lowest BCUT2D eigenvalue weighted by atomic mass is 10.3. The van der Waals surface area contributed by atoms with E-state index >= 15 is 0 Å². The van der Waals surface area contributed by atoms with E-state index in [0.717, 1.165) is 25.1 Å². The molecule has 0 aromatic carbocycles. The highest BCUT2D eigenvalue weighted by Crippen LogP contribution is 2.23. The zero-order chi connectivity index (χ0) is 10.8. The molecule has 82 valence electrons. The summed E-state index contributed by atoms with van der Waals surface area (Å²) >= 11 is 5.89. The summed E-state index contributed by atoms with van der Waals surface area (Å²) in [6.45, 7) is 3.89. The van der Waals surface area contributed by atoms with E-state index < -0.39 is 0 Å². The van der Waals surface area contributed by atoms with Crippen LogP contribution < -0.4 is 4.74 Å². The molecular formula is C10H14ClN3O. The summed E-state index contributed by atoms with van der Waals surface area (Å²) in [6, 6.07) is 0. The third-order valence-corrected chi connectivity index (χ3v) is 2.98. The van der Waals surface area contributed by atoms with E-state index in [4.69, 9.17) is 16.3 Å². The van der Waals surface area contributed by atoms with Gasteiger partial charge in [-0.15, -0.1) is 0 Å². The molecular weight excluding hydrogens is 214 g/mol. The summed E-state index contributed by atoms with van der Waals surface area (Å²) in [6.07, 6.45) is 2.70. The van der Waals surface area contributed by atoms with Crippen LogP contribution in [0.4, 0.5) is 0 Å². The molecule has 1 aromatic rings. The SMILES string of the molecule is Cc1c(Cl)ncnc1OC1CCN(C)C1. The second-order valence-electron chi connectivity index (χ2n) is 3.89. The standard InChI is InChI=1S/C10H14ClN3O/c1-7-9(11)12-6-13-10(7)15-8-3-4-14(2)5-8/h6,8H,3-5H2,1-2H3. The Balaban J connectivity index is 2.07. The van der Waals surface area contributed by atoms with E-state index in [9.17, 15) is 0 Å². The van der Waals surface area contributed by atoms with Crippen molar-refractivity contribution in [2.24, 2.45) is 0 Å². The Kier molecular flexibility index (Phi) is 3.07. The van der Waals surface area contributed by atoms with Crippen LogP contribution in [0.1, 0.15) is 12.0 Å². The van der Waals surface area contributed by atoms with Gasteiger partial charge in [-0.2, -0.15) is 0 Å². The van der Waals surface area contributed by atoms with Gasteiger partial charge in [0.25, 0.3) is 0 Å². The van der Waals surface area contributed by atoms with Crippen LogP contribution in [0, 0.1) is 6.92 Å². The molecule has 0 bridgehead atoms. The van der Waals surface area contributed by atoms with Gasteiger partial charge in [0.1, 0.15) is 17.6 Å². The summed E-state index contributed by atoms with van der Waals surface area (Å²) in [5.41, 5.74) is 0.814. The lowest BCUT2D eigenvalue weighted by Gasteiger charge is -2.14. The Morgan fingerprint density at radius 1 is 1.53 bits per heavy atom. The van der Waals surface area contributed by atoms with Crippen LogP contribution in [-0.2, 0) is 0 Å². The number of halogens is 1. The number of hydrogen-bond acceptors (Lipinski definition) is 4. The summed E-state index contributed by atoms with van der Waals surface area (Å²) in [7, 11) is 2.09. The normalized spacial score (nSPS) is 21.9. The average molecular weight is 228 g/mol. The molecule has 1 unspecified atom stereocenters. The van der Waals surface area contributed by atoms with Gasteiger partial charge < -0.3 is 9.64 Å². The summed E-state index contributed by atoms with van der Waals surface area (Å²) in [4.78, 5) is 10.2. The Bertz CT molecular complexity index is 359. The van der Waals surface area contributed by atoms with Gasteiger partial charge in [-0.3, -0.25) is 0 Å². The molecule has 1 saturated heterocycles. The molecule has 15 heavy (non-hydrogen) atoms. The lowest BCUT2D eigenvalue weighted by molar-refractivity contribution is 0.198. The predicted molar refractivity (Wildman–Crippen MR) is 58.3 cm³/mol. The molecule has 1 atom stereocenters. The summed E-state index contributed by atoms with van der Waals surface area (Å²) in [5.74, 6) is 0.607. The zero-order valence-electron chi connectivity index (χ0n) is 8.90. The molecule has 1 aliphatic rings. The molecule has 1 aromatic heterocycles. The fraction of sp³-hybridized carbons (Fsp3) is 0.600. The van der Waals surface area contributed by atoms with Crippen molar-refractivity contribution in [2.75, 3.05) is 20.1 Å². The number of aromatic nitrogens is 2. The molecule has 4 nitrogen and oxygen atoms in total. The first-order valence-electron chi connectivity index (χ1n) is 4.99. The number of likely N-dealkylation sites (tertiary alicyclic amines) is 1. The monoisotopic (exact) mass is 227 g/mol. The lowest BCUT2D eigenvalue weighted by Crippen LogP contribution is -2.22. The van der Waals surface area contributed by atoms with Crippen LogP contribution in [0.15, 0.2) is 6.33 Å². The topological polar surface area (TPSA) is 38.3 Å². The van der Waals surface area contributed by atoms with E-state index in [1.54, 1.807) is 0 Å². The summed E-state index contributed by atoms with van der Waals surface area (Å²) < 4.78 is 5.78. The van der Waals surface area contributed by atoms with E-state index in [-0.39, 0.29) is 6.10 Å². The van der Waals surface area contributed by atoms with Crippen molar-refractivity contribution in [3.8, 4) is 5.88 Å². The van der Waals surface area contributed by atoms with Gasteiger partial charge in [-0.25, -0.2) is 9.97 Å². The third kappa shape index (κ3) is 2.38. The molecule has 0 N–H and O–H groups in total. The highest BCUT2D eigenvalue weighted by atomic mass is 35.5. The third-order valence-electron chi connectivity index (χ3n) is 2.60. The molecule has 0 amide bonds. The smallest absolute Gasteiger partial charge is 0.221 e. The van der Waals surface area contributed by atoms with Gasteiger partial charge in [-0.05, 0) is 20.4 Å². The Hall–Kier alpha value is -0.870. The van der Waals surface area contributed by atoms with Crippen molar-refractivity contribution in [1.82, 2.24) is 14.9 Å². The van der Waals surface area contributed by atoms with E-state index in [2.05, 4.69) is 21.9 Å². The average Bonchev–Trinajstić information content (AvgIpc) is 2.59. The van der Waals surface area contributed by atoms with Crippen molar-refractivity contribution >= 4 is 11.6 Å². The minimum Gasteiger partial charge on any atom is -0.473 e. The molecule has 0 saturated carbocycles. The second-order valence-corrected chi connectivity index (χ2v) is 4.24. The fourth-order valence-corrected chi connectivity index (χ4v) is 1.81. The molecule has 2 heterocycles. The number of nitrogens with zero attached hydrogens (tertiary/aromatic N) is 3. The second kappa shape index (κ2) is 4.33. The first-order valence-corrected chi connectivity index (χ1v) is 5.37. The molecule has 0 aliphatic carbocycles. The zero-order valence-corrected chi connectivity index (χ0v) is 9.66. The van der Waals surface area contributed by atoms with Gasteiger partial charge in [0, 0.05) is 18.7 Å². The molecule has 5 heteroatoms. The quantitative estimate of drug-likeness (QED) is 0.719. The van der Waals surface area contributed by atoms with Crippen molar-refractivity contribution in [3.63, 3.8) is 0 Å². The summed E-state index contributed by atoms with van der Waals surface area (Å²) in [5, 5.41) is 0.464. The minimum atomic E-state index is 0.222. The minimum absolute atomic E-state index is 0.222. The Labute approximate surface area is 94.2 Å². The van der Waals surface area contributed by atoms with Crippen LogP contribution in [0.5, 0.6) is 5.88 Å². The number of hydrogen-bond donors (Lipinski definition) is 0. The van der Waals surface area contributed by atoms with Crippen LogP contribution >= 0.6 is 11.6 Å². The highest BCUT2D eigenvalue weighted by molar-refractivity contribution is 6.30. The van der Waals surface area contributed by atoms with Crippen molar-refractivity contribution in [1.29, 1.82) is 0 Å². The van der Waals surface area contributed by atoms with E-state index in [0.29, 0.717) is 11.0 Å². The van der Waals surface area contributed by atoms with Crippen molar-refractivity contribution in [2.45, 2.75) is 19.4 Å². The number of ether oxygens (including phenoxy) is 1. The molecule has 2 rings (SSSR count). The van der Waals surface area contributed by atoms with Crippen LogP contribution in [0.2, 0.25) is 5.15 Å². The van der Waals surface area contributed by atoms with Crippen molar-refractivity contribution in [3.05, 3.63) is 17.0 Å². The fourth-order valence-electron chi connectivity index (χ4n) is 1.68. The van der Waals surface area contributed by atoms with Crippen LogP contribution in [-0.4, -0.2) is 41.1 Å². The van der Waals surface area contributed by atoms with Gasteiger partial charge in [0.05, 0.1) is 0 Å². The maximum atomic E-state index is 5.89. The Morgan fingerprint density at radius 3 is 3.00 bits per heavy atom.